The number of hydrogen-bond acceptors (Lipinski definition) is 3. The number of aryl methyl sites for hydroxylation is 1. The molecule has 0 aliphatic heterocycles. The topological polar surface area (TPSA) is 55.2 Å². The molecule has 0 unspecified atom stereocenters. The zero-order valence-corrected chi connectivity index (χ0v) is 12.3. The molecule has 0 bridgehead atoms. The Kier molecular flexibility index (Phi) is 4.34. The average molecular weight is 339 g/mol. The van der Waals surface area contributed by atoms with Crippen molar-refractivity contribution in [2.24, 2.45) is 0 Å². The molecule has 104 valence electrons. The van der Waals surface area contributed by atoms with Crippen LogP contribution in [0.3, 0.4) is 0 Å². The second-order valence-electron chi connectivity index (χ2n) is 4.35. The first-order valence-electron chi connectivity index (χ1n) is 5.90. The summed E-state index contributed by atoms with van der Waals surface area (Å²) in [7, 11) is 0. The molecule has 0 radical (unpaired) electrons. The maximum Gasteiger partial charge on any atom is 0.274 e. The maximum absolute atomic E-state index is 13.2. The van der Waals surface area contributed by atoms with Gasteiger partial charge in [-0.15, -0.1) is 0 Å². The average Bonchev–Trinajstić information content (AvgIpc) is 2.40. The van der Waals surface area contributed by atoms with E-state index in [1.165, 1.54) is 12.1 Å². The first kappa shape index (κ1) is 14.5. The molecular formula is C14H12BrFN2O2. The molecule has 2 rings (SSSR count). The quantitative estimate of drug-likeness (QED) is 0.663. The van der Waals surface area contributed by atoms with Gasteiger partial charge < -0.3 is 5.32 Å². The second kappa shape index (κ2) is 6.00. The highest BCUT2D eigenvalue weighted by atomic mass is 79.9. The molecule has 20 heavy (non-hydrogen) atoms. The van der Waals surface area contributed by atoms with E-state index in [1.54, 1.807) is 0 Å². The molecule has 0 aliphatic rings. The monoisotopic (exact) mass is 338 g/mol. The number of nitrogens with zero attached hydrogens (tertiary/aromatic N) is 1. The smallest absolute Gasteiger partial charge is 0.274 e. The van der Waals surface area contributed by atoms with Gasteiger partial charge in [-0.05, 0) is 36.8 Å². The lowest BCUT2D eigenvalue weighted by molar-refractivity contribution is -0.385. The van der Waals surface area contributed by atoms with Crippen LogP contribution >= 0.6 is 15.9 Å². The van der Waals surface area contributed by atoms with Crippen molar-refractivity contribution in [2.75, 3.05) is 5.32 Å². The van der Waals surface area contributed by atoms with Crippen molar-refractivity contribution in [3.8, 4) is 0 Å². The normalized spacial score (nSPS) is 10.3. The first-order valence-corrected chi connectivity index (χ1v) is 6.69. The van der Waals surface area contributed by atoms with Crippen molar-refractivity contribution < 1.29 is 9.31 Å². The molecule has 0 atom stereocenters. The summed E-state index contributed by atoms with van der Waals surface area (Å²) in [4.78, 5) is 10.4. The summed E-state index contributed by atoms with van der Waals surface area (Å²) in [5, 5.41) is 13.9. The first-order chi connectivity index (χ1) is 9.47. The number of anilines is 1. The van der Waals surface area contributed by atoms with Crippen LogP contribution in [0.25, 0.3) is 0 Å². The fourth-order valence-electron chi connectivity index (χ4n) is 1.77. The minimum absolute atomic E-state index is 0.0925. The van der Waals surface area contributed by atoms with Crippen LogP contribution in [-0.2, 0) is 6.54 Å². The number of nitro groups is 1. The Morgan fingerprint density at radius 1 is 1.30 bits per heavy atom. The van der Waals surface area contributed by atoms with Gasteiger partial charge in [0.2, 0.25) is 0 Å². The Morgan fingerprint density at radius 3 is 2.70 bits per heavy atom. The lowest BCUT2D eigenvalue weighted by atomic mass is 10.1. The highest BCUT2D eigenvalue weighted by molar-refractivity contribution is 9.10. The van der Waals surface area contributed by atoms with Crippen molar-refractivity contribution in [3.05, 3.63) is 67.9 Å². The van der Waals surface area contributed by atoms with E-state index >= 15 is 0 Å². The molecule has 0 aliphatic carbocycles. The van der Waals surface area contributed by atoms with Crippen molar-refractivity contribution in [3.63, 3.8) is 0 Å². The Morgan fingerprint density at radius 2 is 2.05 bits per heavy atom. The molecule has 0 saturated carbocycles. The van der Waals surface area contributed by atoms with Gasteiger partial charge in [-0.25, -0.2) is 4.39 Å². The fourth-order valence-corrected chi connectivity index (χ4v) is 2.15. The van der Waals surface area contributed by atoms with Gasteiger partial charge in [-0.2, -0.15) is 0 Å². The van der Waals surface area contributed by atoms with Crippen LogP contribution in [0.4, 0.5) is 15.8 Å². The molecule has 0 spiro atoms. The summed E-state index contributed by atoms with van der Waals surface area (Å²) in [6.45, 7) is 2.15. The van der Waals surface area contributed by atoms with Gasteiger partial charge in [0, 0.05) is 22.8 Å². The van der Waals surface area contributed by atoms with Gasteiger partial charge in [-0.1, -0.05) is 22.0 Å². The van der Waals surface area contributed by atoms with Crippen LogP contribution < -0.4 is 5.32 Å². The number of nitrogens with one attached hydrogen (secondary N) is 1. The van der Waals surface area contributed by atoms with Crippen molar-refractivity contribution in [1.82, 2.24) is 0 Å². The Balaban J connectivity index is 2.20. The summed E-state index contributed by atoms with van der Waals surface area (Å²) in [5.41, 5.74) is 2.12. The van der Waals surface area contributed by atoms with Gasteiger partial charge in [0.25, 0.3) is 5.69 Å². The Labute approximate surface area is 123 Å². The summed E-state index contributed by atoms with van der Waals surface area (Å²) in [5.74, 6) is -0.488. The third-order valence-electron chi connectivity index (χ3n) is 2.89. The molecule has 0 heterocycles. The zero-order chi connectivity index (χ0) is 14.7. The second-order valence-corrected chi connectivity index (χ2v) is 5.20. The highest BCUT2D eigenvalue weighted by Gasteiger charge is 2.14. The van der Waals surface area contributed by atoms with Crippen molar-refractivity contribution in [2.45, 2.75) is 13.5 Å². The third-order valence-corrected chi connectivity index (χ3v) is 3.75. The molecule has 2 aromatic rings. The molecule has 4 nitrogen and oxygen atoms in total. The minimum atomic E-state index is -0.512. The minimum Gasteiger partial charge on any atom is -0.381 e. The van der Waals surface area contributed by atoms with Gasteiger partial charge in [-0.3, -0.25) is 10.1 Å². The summed E-state index contributed by atoms with van der Waals surface area (Å²) < 4.78 is 14.1. The molecule has 2 aromatic carbocycles. The SMILES string of the molecule is Cc1ccc(NCc2cc(F)ccc2[N+](=O)[O-])cc1Br. The van der Waals surface area contributed by atoms with Crippen LogP contribution in [0.5, 0.6) is 0 Å². The fraction of sp³-hybridized carbons (Fsp3) is 0.143. The Hall–Kier alpha value is -1.95. The lowest BCUT2D eigenvalue weighted by Gasteiger charge is -2.08. The maximum atomic E-state index is 13.2. The van der Waals surface area contributed by atoms with Crippen molar-refractivity contribution in [1.29, 1.82) is 0 Å². The number of benzene rings is 2. The molecule has 0 amide bonds. The molecule has 0 fully saturated rings. The van der Waals surface area contributed by atoms with Crippen LogP contribution in [0.1, 0.15) is 11.1 Å². The van der Waals surface area contributed by atoms with E-state index in [-0.39, 0.29) is 12.2 Å². The summed E-state index contributed by atoms with van der Waals surface area (Å²) in [6, 6.07) is 9.11. The van der Waals surface area contributed by atoms with E-state index in [0.29, 0.717) is 5.56 Å². The summed E-state index contributed by atoms with van der Waals surface area (Å²) in [6.07, 6.45) is 0. The van der Waals surface area contributed by atoms with E-state index < -0.39 is 10.7 Å². The van der Waals surface area contributed by atoms with E-state index in [4.69, 9.17) is 0 Å². The van der Waals surface area contributed by atoms with E-state index in [9.17, 15) is 14.5 Å². The van der Waals surface area contributed by atoms with Crippen LogP contribution in [0, 0.1) is 22.9 Å². The van der Waals surface area contributed by atoms with E-state index in [1.807, 2.05) is 25.1 Å². The van der Waals surface area contributed by atoms with Gasteiger partial charge in [0.1, 0.15) is 5.82 Å². The third kappa shape index (κ3) is 3.33. The summed E-state index contributed by atoms with van der Waals surface area (Å²) >= 11 is 3.41. The standard InChI is InChI=1S/C14H12BrFN2O2/c1-9-2-4-12(7-13(9)15)17-8-10-6-11(16)3-5-14(10)18(19)20/h2-7,17H,8H2,1H3. The van der Waals surface area contributed by atoms with Crippen LogP contribution in [0.2, 0.25) is 0 Å². The number of nitro benzene ring substituents is 1. The van der Waals surface area contributed by atoms with Gasteiger partial charge in [0.05, 0.1) is 10.5 Å². The lowest BCUT2D eigenvalue weighted by Crippen LogP contribution is -2.03. The predicted molar refractivity (Wildman–Crippen MR) is 79.3 cm³/mol. The van der Waals surface area contributed by atoms with Gasteiger partial charge in [0.15, 0.2) is 0 Å². The number of halogens is 2. The van der Waals surface area contributed by atoms with Gasteiger partial charge >= 0.3 is 0 Å². The molecular weight excluding hydrogens is 327 g/mol. The van der Waals surface area contributed by atoms with Crippen LogP contribution in [-0.4, -0.2) is 4.92 Å². The van der Waals surface area contributed by atoms with E-state index in [0.717, 1.165) is 21.8 Å². The predicted octanol–water partition coefficient (Wildman–Crippen LogP) is 4.42. The van der Waals surface area contributed by atoms with E-state index in [2.05, 4.69) is 21.2 Å². The molecule has 1 N–H and O–H groups in total. The van der Waals surface area contributed by atoms with Crippen molar-refractivity contribution >= 4 is 27.3 Å². The van der Waals surface area contributed by atoms with Crippen LogP contribution in [0.15, 0.2) is 40.9 Å². The number of rotatable bonds is 4. The molecule has 0 saturated heterocycles. The largest absolute Gasteiger partial charge is 0.381 e. The highest BCUT2D eigenvalue weighted by Crippen LogP contribution is 2.23. The Bertz CT molecular complexity index is 662. The number of hydrogen-bond donors (Lipinski definition) is 1. The molecule has 0 aromatic heterocycles. The molecule has 6 heteroatoms. The zero-order valence-electron chi connectivity index (χ0n) is 10.7.